The molecule has 66 valence electrons. The van der Waals surface area contributed by atoms with Crippen LogP contribution in [-0.2, 0) is 9.53 Å². The molecule has 0 aromatic heterocycles. The molecule has 0 aromatic rings. The Balaban J connectivity index is 3.94. The molecule has 0 fully saturated rings. The molecule has 0 saturated heterocycles. The number of halogens is 1. The molecule has 0 unspecified atom stereocenters. The first-order valence-corrected chi connectivity index (χ1v) is 4.31. The summed E-state index contributed by atoms with van der Waals surface area (Å²) in [7, 11) is 0. The van der Waals surface area contributed by atoms with Crippen molar-refractivity contribution in [3.05, 3.63) is 0 Å². The fraction of sp³-hybridized carbons (Fsp3) is 0.875. The van der Waals surface area contributed by atoms with Crippen LogP contribution < -0.4 is 0 Å². The van der Waals surface area contributed by atoms with Gasteiger partial charge in [0.1, 0.15) is 0 Å². The second-order valence-corrected chi connectivity index (χ2v) is 3.39. The number of rotatable bonds is 4. The monoisotopic (exact) mass is 178 g/mol. The zero-order valence-corrected chi connectivity index (χ0v) is 8.07. The maximum absolute atomic E-state index is 11.1. The molecule has 0 aliphatic rings. The molecule has 0 radical (unpaired) electrons. The Hall–Kier alpha value is -0.240. The topological polar surface area (TPSA) is 26.3 Å². The highest BCUT2D eigenvalue weighted by molar-refractivity contribution is 6.17. The van der Waals surface area contributed by atoms with E-state index < -0.39 is 0 Å². The van der Waals surface area contributed by atoms with E-state index in [1.54, 1.807) is 0 Å². The van der Waals surface area contributed by atoms with E-state index in [1.165, 1.54) is 0 Å². The lowest BCUT2D eigenvalue weighted by Gasteiger charge is -2.20. The highest BCUT2D eigenvalue weighted by Crippen LogP contribution is 2.23. The van der Waals surface area contributed by atoms with Crippen molar-refractivity contribution in [2.24, 2.45) is 5.41 Å². The molecule has 0 spiro atoms. The van der Waals surface area contributed by atoms with Crippen LogP contribution in [0.3, 0.4) is 0 Å². The van der Waals surface area contributed by atoms with Gasteiger partial charge in [-0.3, -0.25) is 4.79 Å². The van der Waals surface area contributed by atoms with Gasteiger partial charge in [0.15, 0.2) is 6.07 Å². The lowest BCUT2D eigenvalue weighted by molar-refractivity contribution is -0.152. The number of esters is 1. The number of hydrogen-bond donors (Lipinski definition) is 0. The number of ether oxygens (including phenoxy) is 1. The average Bonchev–Trinajstić information content (AvgIpc) is 1.88. The summed E-state index contributed by atoms with van der Waals surface area (Å²) in [6.07, 6.45) is 1.81. The highest BCUT2D eigenvalue weighted by Gasteiger charge is 2.27. The third-order valence-corrected chi connectivity index (χ3v) is 1.72. The summed E-state index contributed by atoms with van der Waals surface area (Å²) in [6, 6.07) is -0.0496. The molecular formula is C8H15ClO2. The molecule has 0 aliphatic heterocycles. The summed E-state index contributed by atoms with van der Waals surface area (Å²) in [4.78, 5) is 11.1. The van der Waals surface area contributed by atoms with Crippen LogP contribution in [0.1, 0.15) is 33.6 Å². The summed E-state index contributed by atoms with van der Waals surface area (Å²) in [5, 5.41) is 0. The van der Waals surface area contributed by atoms with Crippen LogP contribution in [0.5, 0.6) is 0 Å². The minimum absolute atomic E-state index is 0.0496. The van der Waals surface area contributed by atoms with Crippen molar-refractivity contribution in [2.75, 3.05) is 6.07 Å². The lowest BCUT2D eigenvalue weighted by atomic mass is 9.88. The predicted molar refractivity (Wildman–Crippen MR) is 45.5 cm³/mol. The molecule has 3 heteroatoms. The zero-order chi connectivity index (χ0) is 8.91. The van der Waals surface area contributed by atoms with E-state index in [1.807, 2.05) is 20.8 Å². The highest BCUT2D eigenvalue weighted by atomic mass is 35.5. The minimum atomic E-state index is -0.385. The van der Waals surface area contributed by atoms with Gasteiger partial charge in [-0.15, -0.1) is 0 Å². The first kappa shape index (κ1) is 10.8. The molecule has 0 rings (SSSR count). The fourth-order valence-corrected chi connectivity index (χ4v) is 1.07. The summed E-state index contributed by atoms with van der Waals surface area (Å²) >= 11 is 5.26. The maximum atomic E-state index is 11.1. The SMILES string of the molecule is CCCC(C)(C)C(=O)OCCl. The average molecular weight is 179 g/mol. The van der Waals surface area contributed by atoms with Gasteiger partial charge in [0.2, 0.25) is 0 Å². The Morgan fingerprint density at radius 2 is 2.09 bits per heavy atom. The molecule has 0 amide bonds. The van der Waals surface area contributed by atoms with E-state index >= 15 is 0 Å². The first-order valence-electron chi connectivity index (χ1n) is 3.77. The zero-order valence-electron chi connectivity index (χ0n) is 7.32. The smallest absolute Gasteiger partial charge is 0.312 e. The number of carbonyl (C=O) groups is 1. The van der Waals surface area contributed by atoms with Crippen molar-refractivity contribution in [2.45, 2.75) is 33.6 Å². The molecule has 0 saturated carbocycles. The fourth-order valence-electron chi connectivity index (χ4n) is 0.972. The predicted octanol–water partition coefficient (Wildman–Crippen LogP) is 2.55. The Morgan fingerprint density at radius 3 is 2.45 bits per heavy atom. The summed E-state index contributed by atoms with van der Waals surface area (Å²) in [6.45, 7) is 5.77. The van der Waals surface area contributed by atoms with Crippen LogP contribution >= 0.6 is 11.6 Å². The van der Waals surface area contributed by atoms with Crippen molar-refractivity contribution < 1.29 is 9.53 Å². The van der Waals surface area contributed by atoms with E-state index in [4.69, 9.17) is 11.6 Å². The van der Waals surface area contributed by atoms with Crippen LogP contribution in [0.25, 0.3) is 0 Å². The molecule has 2 nitrogen and oxygen atoms in total. The molecule has 0 aliphatic carbocycles. The van der Waals surface area contributed by atoms with Crippen molar-refractivity contribution in [1.82, 2.24) is 0 Å². The summed E-state index contributed by atoms with van der Waals surface area (Å²) in [5.74, 6) is -0.214. The van der Waals surface area contributed by atoms with Crippen LogP contribution in [0.15, 0.2) is 0 Å². The van der Waals surface area contributed by atoms with Gasteiger partial charge < -0.3 is 4.74 Å². The van der Waals surface area contributed by atoms with E-state index in [0.29, 0.717) is 0 Å². The molecule has 0 atom stereocenters. The standard InChI is InChI=1S/C8H15ClO2/c1-4-5-8(2,3)7(10)11-6-9/h4-6H2,1-3H3. The van der Waals surface area contributed by atoms with E-state index in [0.717, 1.165) is 12.8 Å². The van der Waals surface area contributed by atoms with Crippen LogP contribution in [0.2, 0.25) is 0 Å². The van der Waals surface area contributed by atoms with Crippen molar-refractivity contribution in [1.29, 1.82) is 0 Å². The van der Waals surface area contributed by atoms with Gasteiger partial charge >= 0.3 is 5.97 Å². The largest absolute Gasteiger partial charge is 0.449 e. The van der Waals surface area contributed by atoms with Crippen molar-refractivity contribution >= 4 is 17.6 Å². The van der Waals surface area contributed by atoms with Gasteiger partial charge in [-0.05, 0) is 20.3 Å². The van der Waals surface area contributed by atoms with Crippen LogP contribution in [0, 0.1) is 5.41 Å². The molecular weight excluding hydrogens is 164 g/mol. The minimum Gasteiger partial charge on any atom is -0.449 e. The maximum Gasteiger partial charge on any atom is 0.312 e. The number of carbonyl (C=O) groups excluding carboxylic acids is 1. The lowest BCUT2D eigenvalue weighted by Crippen LogP contribution is -2.25. The second-order valence-electron chi connectivity index (χ2n) is 3.17. The third-order valence-electron chi connectivity index (χ3n) is 1.61. The Kier molecular flexibility index (Phi) is 4.50. The molecule has 0 bridgehead atoms. The van der Waals surface area contributed by atoms with Gasteiger partial charge in [-0.25, -0.2) is 0 Å². The normalized spacial score (nSPS) is 11.3. The van der Waals surface area contributed by atoms with E-state index in [9.17, 15) is 4.79 Å². The summed E-state index contributed by atoms with van der Waals surface area (Å²) < 4.78 is 4.69. The molecule has 0 heterocycles. The molecule has 11 heavy (non-hydrogen) atoms. The van der Waals surface area contributed by atoms with Crippen LogP contribution in [0.4, 0.5) is 0 Å². The van der Waals surface area contributed by atoms with E-state index in [-0.39, 0.29) is 17.5 Å². The number of alkyl halides is 1. The van der Waals surface area contributed by atoms with Crippen molar-refractivity contribution in [3.8, 4) is 0 Å². The van der Waals surface area contributed by atoms with Gasteiger partial charge in [0.25, 0.3) is 0 Å². The van der Waals surface area contributed by atoms with Gasteiger partial charge in [-0.2, -0.15) is 0 Å². The van der Waals surface area contributed by atoms with Crippen molar-refractivity contribution in [3.63, 3.8) is 0 Å². The van der Waals surface area contributed by atoms with Gasteiger partial charge in [0, 0.05) is 0 Å². The second kappa shape index (κ2) is 4.60. The third kappa shape index (κ3) is 3.61. The summed E-state index contributed by atoms with van der Waals surface area (Å²) in [5.41, 5.74) is -0.385. The Morgan fingerprint density at radius 1 is 1.55 bits per heavy atom. The Bertz CT molecular complexity index is 132. The Labute approximate surface area is 72.9 Å². The van der Waals surface area contributed by atoms with Gasteiger partial charge in [0.05, 0.1) is 5.41 Å². The first-order chi connectivity index (χ1) is 5.04. The molecule has 0 aromatic carbocycles. The van der Waals surface area contributed by atoms with E-state index in [2.05, 4.69) is 4.74 Å². The number of hydrogen-bond acceptors (Lipinski definition) is 2. The van der Waals surface area contributed by atoms with Crippen LogP contribution in [-0.4, -0.2) is 12.0 Å². The molecule has 0 N–H and O–H groups in total. The quantitative estimate of drug-likeness (QED) is 0.489. The van der Waals surface area contributed by atoms with Gasteiger partial charge in [-0.1, -0.05) is 24.9 Å².